The highest BCUT2D eigenvalue weighted by atomic mass is 79.9. The molecule has 110 valence electrons. The van der Waals surface area contributed by atoms with Gasteiger partial charge in [-0.05, 0) is 48.9 Å². The van der Waals surface area contributed by atoms with Gasteiger partial charge in [-0.3, -0.25) is 4.79 Å². The van der Waals surface area contributed by atoms with E-state index in [4.69, 9.17) is 5.73 Å². The predicted octanol–water partition coefficient (Wildman–Crippen LogP) is 4.21. The van der Waals surface area contributed by atoms with E-state index in [0.717, 1.165) is 27.5 Å². The maximum atomic E-state index is 13.6. The second-order valence-corrected chi connectivity index (χ2v) is 6.42. The molecule has 0 saturated carbocycles. The van der Waals surface area contributed by atoms with Gasteiger partial charge in [0.2, 0.25) is 5.91 Å². The van der Waals surface area contributed by atoms with Crippen molar-refractivity contribution in [3.63, 3.8) is 0 Å². The van der Waals surface area contributed by atoms with Crippen LogP contribution in [0.15, 0.2) is 45.8 Å². The van der Waals surface area contributed by atoms with Crippen molar-refractivity contribution in [2.45, 2.75) is 11.8 Å². The van der Waals surface area contributed by atoms with Crippen LogP contribution in [0.25, 0.3) is 0 Å². The Kier molecular flexibility index (Phi) is 5.25. The molecule has 0 atom stereocenters. The van der Waals surface area contributed by atoms with Gasteiger partial charge in [0.1, 0.15) is 5.82 Å². The van der Waals surface area contributed by atoms with Crippen LogP contribution < -0.4 is 11.1 Å². The van der Waals surface area contributed by atoms with Crippen LogP contribution in [0.5, 0.6) is 0 Å². The molecular formula is C15H14BrFN2OS. The molecule has 0 aliphatic heterocycles. The number of aryl methyl sites for hydroxylation is 1. The van der Waals surface area contributed by atoms with Crippen LogP contribution in [0.1, 0.15) is 5.56 Å². The van der Waals surface area contributed by atoms with Gasteiger partial charge in [-0.1, -0.05) is 15.9 Å². The molecule has 0 heterocycles. The fourth-order valence-corrected chi connectivity index (χ4v) is 2.93. The van der Waals surface area contributed by atoms with E-state index in [9.17, 15) is 9.18 Å². The third-order valence-corrected chi connectivity index (χ3v) is 4.32. The minimum absolute atomic E-state index is 0.135. The fourth-order valence-electron chi connectivity index (χ4n) is 1.73. The van der Waals surface area contributed by atoms with Crippen LogP contribution >= 0.6 is 27.7 Å². The number of nitrogens with two attached hydrogens (primary N) is 1. The third-order valence-electron chi connectivity index (χ3n) is 2.78. The number of benzene rings is 2. The van der Waals surface area contributed by atoms with Crippen LogP contribution in [0.2, 0.25) is 0 Å². The summed E-state index contributed by atoms with van der Waals surface area (Å²) < 4.78 is 14.6. The number of anilines is 2. The quantitative estimate of drug-likeness (QED) is 0.627. The highest BCUT2D eigenvalue weighted by Gasteiger charge is 2.09. The van der Waals surface area contributed by atoms with Crippen molar-refractivity contribution in [3.05, 3.63) is 52.3 Å². The highest BCUT2D eigenvalue weighted by molar-refractivity contribution is 9.10. The maximum absolute atomic E-state index is 13.6. The molecule has 2 aromatic carbocycles. The average molecular weight is 369 g/mol. The second-order valence-electron chi connectivity index (χ2n) is 4.49. The average Bonchev–Trinajstić information content (AvgIpc) is 2.41. The van der Waals surface area contributed by atoms with E-state index in [0.29, 0.717) is 10.6 Å². The Morgan fingerprint density at radius 1 is 1.33 bits per heavy atom. The van der Waals surface area contributed by atoms with Crippen LogP contribution in [0, 0.1) is 12.7 Å². The number of carbonyl (C=O) groups is 1. The van der Waals surface area contributed by atoms with Crippen molar-refractivity contribution in [2.24, 2.45) is 0 Å². The number of hydrogen-bond donors (Lipinski definition) is 2. The largest absolute Gasteiger partial charge is 0.399 e. The summed E-state index contributed by atoms with van der Waals surface area (Å²) in [7, 11) is 0. The summed E-state index contributed by atoms with van der Waals surface area (Å²) in [5.41, 5.74) is 7.56. The van der Waals surface area contributed by atoms with Crippen molar-refractivity contribution in [3.8, 4) is 0 Å². The SMILES string of the molecule is Cc1cc(Br)ccc1NC(=O)CSc1ccc(N)cc1F. The lowest BCUT2D eigenvalue weighted by Crippen LogP contribution is -2.14. The smallest absolute Gasteiger partial charge is 0.234 e. The van der Waals surface area contributed by atoms with Crippen molar-refractivity contribution < 1.29 is 9.18 Å². The number of rotatable bonds is 4. The molecule has 0 unspecified atom stereocenters. The van der Waals surface area contributed by atoms with Gasteiger partial charge in [0.15, 0.2) is 0 Å². The number of hydrogen-bond acceptors (Lipinski definition) is 3. The fraction of sp³-hybridized carbons (Fsp3) is 0.133. The third kappa shape index (κ3) is 4.47. The molecular weight excluding hydrogens is 355 g/mol. The lowest BCUT2D eigenvalue weighted by atomic mass is 10.2. The maximum Gasteiger partial charge on any atom is 0.234 e. The van der Waals surface area contributed by atoms with Gasteiger partial charge in [-0.25, -0.2) is 4.39 Å². The first kappa shape index (κ1) is 15.9. The van der Waals surface area contributed by atoms with E-state index in [1.807, 2.05) is 25.1 Å². The molecule has 1 amide bonds. The van der Waals surface area contributed by atoms with Gasteiger partial charge >= 0.3 is 0 Å². The summed E-state index contributed by atoms with van der Waals surface area (Å²) in [5, 5.41) is 2.81. The Morgan fingerprint density at radius 3 is 2.76 bits per heavy atom. The van der Waals surface area contributed by atoms with Crippen LogP contribution in [0.3, 0.4) is 0 Å². The van der Waals surface area contributed by atoms with E-state index >= 15 is 0 Å². The zero-order chi connectivity index (χ0) is 15.4. The lowest BCUT2D eigenvalue weighted by Gasteiger charge is -2.09. The van der Waals surface area contributed by atoms with E-state index in [-0.39, 0.29) is 11.7 Å². The van der Waals surface area contributed by atoms with Crippen molar-refractivity contribution in [1.29, 1.82) is 0 Å². The molecule has 0 aromatic heterocycles. The Morgan fingerprint density at radius 2 is 2.10 bits per heavy atom. The Balaban J connectivity index is 1.96. The monoisotopic (exact) mass is 368 g/mol. The first-order valence-electron chi connectivity index (χ1n) is 6.19. The molecule has 6 heteroatoms. The van der Waals surface area contributed by atoms with Crippen LogP contribution in [0.4, 0.5) is 15.8 Å². The first-order chi connectivity index (χ1) is 9.95. The second kappa shape index (κ2) is 6.95. The van der Waals surface area contributed by atoms with Crippen molar-refractivity contribution in [1.82, 2.24) is 0 Å². The lowest BCUT2D eigenvalue weighted by molar-refractivity contribution is -0.113. The Labute approximate surface area is 135 Å². The van der Waals surface area contributed by atoms with E-state index in [2.05, 4.69) is 21.2 Å². The molecule has 0 radical (unpaired) electrons. The van der Waals surface area contributed by atoms with Crippen LogP contribution in [-0.2, 0) is 4.79 Å². The van der Waals surface area contributed by atoms with E-state index in [1.165, 1.54) is 6.07 Å². The summed E-state index contributed by atoms with van der Waals surface area (Å²) in [6.45, 7) is 1.91. The molecule has 0 spiro atoms. The molecule has 0 aliphatic rings. The minimum Gasteiger partial charge on any atom is -0.399 e. The Hall–Kier alpha value is -1.53. The number of halogens is 2. The predicted molar refractivity (Wildman–Crippen MR) is 89.0 cm³/mol. The molecule has 2 aromatic rings. The molecule has 3 nitrogen and oxygen atoms in total. The summed E-state index contributed by atoms with van der Waals surface area (Å²) in [6, 6.07) is 10.0. The zero-order valence-corrected chi connectivity index (χ0v) is 13.7. The number of amides is 1. The Bertz CT molecular complexity index is 679. The summed E-state index contributed by atoms with van der Waals surface area (Å²) in [4.78, 5) is 12.3. The van der Waals surface area contributed by atoms with E-state index < -0.39 is 5.82 Å². The van der Waals surface area contributed by atoms with Gasteiger partial charge in [0, 0.05) is 20.7 Å². The van der Waals surface area contributed by atoms with Crippen LogP contribution in [-0.4, -0.2) is 11.7 Å². The molecule has 2 rings (SSSR count). The molecule has 21 heavy (non-hydrogen) atoms. The molecule has 0 aliphatic carbocycles. The molecule has 0 bridgehead atoms. The van der Waals surface area contributed by atoms with Crippen molar-refractivity contribution >= 4 is 45.0 Å². The number of nitrogen functional groups attached to an aromatic ring is 1. The minimum atomic E-state index is -0.410. The van der Waals surface area contributed by atoms with E-state index in [1.54, 1.807) is 12.1 Å². The van der Waals surface area contributed by atoms with Crippen molar-refractivity contribution in [2.75, 3.05) is 16.8 Å². The molecule has 3 N–H and O–H groups in total. The normalized spacial score (nSPS) is 10.4. The standard InChI is InChI=1S/C15H14BrFN2OS/c1-9-6-10(16)2-4-13(9)19-15(20)8-21-14-5-3-11(18)7-12(14)17/h2-7H,8,18H2,1H3,(H,19,20). The first-order valence-corrected chi connectivity index (χ1v) is 7.97. The number of nitrogens with one attached hydrogen (secondary N) is 1. The van der Waals surface area contributed by atoms with Gasteiger partial charge in [-0.15, -0.1) is 11.8 Å². The summed E-state index contributed by atoms with van der Waals surface area (Å²) >= 11 is 4.51. The van der Waals surface area contributed by atoms with Gasteiger partial charge in [0.25, 0.3) is 0 Å². The zero-order valence-electron chi connectivity index (χ0n) is 11.3. The number of thioether (sulfide) groups is 1. The summed E-state index contributed by atoms with van der Waals surface area (Å²) in [5.74, 6) is -0.453. The van der Waals surface area contributed by atoms with Gasteiger partial charge in [-0.2, -0.15) is 0 Å². The number of carbonyl (C=O) groups excluding carboxylic acids is 1. The highest BCUT2D eigenvalue weighted by Crippen LogP contribution is 2.24. The van der Waals surface area contributed by atoms with Gasteiger partial charge in [0.05, 0.1) is 5.75 Å². The summed E-state index contributed by atoms with van der Waals surface area (Å²) in [6.07, 6.45) is 0. The topological polar surface area (TPSA) is 55.1 Å². The molecule has 0 fully saturated rings. The van der Waals surface area contributed by atoms with Gasteiger partial charge < -0.3 is 11.1 Å². The molecule has 0 saturated heterocycles.